The Bertz CT molecular complexity index is 330. The minimum atomic E-state index is -0.0999. The van der Waals surface area contributed by atoms with E-state index in [-0.39, 0.29) is 5.97 Å². The highest BCUT2D eigenvalue weighted by Crippen LogP contribution is 2.12. The summed E-state index contributed by atoms with van der Waals surface area (Å²) in [6, 6.07) is 7.27. The molecule has 1 N–H and O–H groups in total. The average molecular weight is 236 g/mol. The highest BCUT2D eigenvalue weighted by molar-refractivity contribution is 5.69. The van der Waals surface area contributed by atoms with E-state index in [0.717, 1.165) is 25.7 Å². The number of phenolic OH excluding ortho intramolecular Hbond substituents is 1. The molecule has 0 aliphatic heterocycles. The molecule has 0 aliphatic carbocycles. The SMILES string of the molecule is CCOC(=O)CCCCCc1ccc(O)cc1. The van der Waals surface area contributed by atoms with Crippen LogP contribution in [-0.2, 0) is 16.0 Å². The molecular weight excluding hydrogens is 216 g/mol. The van der Waals surface area contributed by atoms with E-state index in [1.54, 1.807) is 12.1 Å². The van der Waals surface area contributed by atoms with Crippen LogP contribution in [-0.4, -0.2) is 17.7 Å². The molecule has 0 aliphatic rings. The highest BCUT2D eigenvalue weighted by Gasteiger charge is 2.00. The third-order valence-corrected chi connectivity index (χ3v) is 2.59. The first-order chi connectivity index (χ1) is 8.22. The van der Waals surface area contributed by atoms with Gasteiger partial charge in [-0.2, -0.15) is 0 Å². The van der Waals surface area contributed by atoms with Gasteiger partial charge in [0.1, 0.15) is 5.75 Å². The summed E-state index contributed by atoms with van der Waals surface area (Å²) in [4.78, 5) is 11.1. The highest BCUT2D eigenvalue weighted by atomic mass is 16.5. The number of rotatable bonds is 7. The zero-order valence-electron chi connectivity index (χ0n) is 10.3. The summed E-state index contributed by atoms with van der Waals surface area (Å²) in [5, 5.41) is 9.13. The molecule has 17 heavy (non-hydrogen) atoms. The summed E-state index contributed by atoms with van der Waals surface area (Å²) in [7, 11) is 0. The summed E-state index contributed by atoms with van der Waals surface area (Å²) in [6.07, 6.45) is 4.48. The minimum absolute atomic E-state index is 0.0999. The summed E-state index contributed by atoms with van der Waals surface area (Å²) in [6.45, 7) is 2.29. The van der Waals surface area contributed by atoms with Gasteiger partial charge in [-0.1, -0.05) is 18.6 Å². The van der Waals surface area contributed by atoms with Crippen molar-refractivity contribution in [1.29, 1.82) is 0 Å². The molecule has 0 saturated heterocycles. The molecule has 0 fully saturated rings. The van der Waals surface area contributed by atoms with Gasteiger partial charge in [-0.15, -0.1) is 0 Å². The molecule has 3 heteroatoms. The number of carbonyl (C=O) groups excluding carboxylic acids is 1. The van der Waals surface area contributed by atoms with Crippen LogP contribution in [0, 0.1) is 0 Å². The van der Waals surface area contributed by atoms with Gasteiger partial charge >= 0.3 is 5.97 Å². The molecule has 1 aromatic rings. The summed E-state index contributed by atoms with van der Waals surface area (Å²) < 4.78 is 4.85. The van der Waals surface area contributed by atoms with Crippen LogP contribution in [0.1, 0.15) is 38.2 Å². The third kappa shape index (κ3) is 5.95. The molecule has 0 radical (unpaired) electrons. The molecule has 0 unspecified atom stereocenters. The molecule has 0 bridgehead atoms. The molecule has 0 amide bonds. The van der Waals surface area contributed by atoms with E-state index in [9.17, 15) is 4.79 Å². The Balaban J connectivity index is 2.08. The number of phenols is 1. The van der Waals surface area contributed by atoms with E-state index in [1.807, 2.05) is 19.1 Å². The molecule has 0 aromatic heterocycles. The number of benzene rings is 1. The van der Waals surface area contributed by atoms with Crippen molar-refractivity contribution in [1.82, 2.24) is 0 Å². The van der Waals surface area contributed by atoms with Gasteiger partial charge in [-0.05, 0) is 43.9 Å². The normalized spacial score (nSPS) is 10.2. The number of aromatic hydroxyl groups is 1. The van der Waals surface area contributed by atoms with Crippen molar-refractivity contribution in [2.45, 2.75) is 39.0 Å². The molecule has 3 nitrogen and oxygen atoms in total. The quantitative estimate of drug-likeness (QED) is 0.584. The molecule has 0 spiro atoms. The Kier molecular flexibility index (Phi) is 6.15. The van der Waals surface area contributed by atoms with Crippen LogP contribution in [0.15, 0.2) is 24.3 Å². The second-order valence-electron chi connectivity index (χ2n) is 4.03. The first-order valence-electron chi connectivity index (χ1n) is 6.16. The topological polar surface area (TPSA) is 46.5 Å². The predicted molar refractivity (Wildman–Crippen MR) is 66.9 cm³/mol. The lowest BCUT2D eigenvalue weighted by molar-refractivity contribution is -0.143. The van der Waals surface area contributed by atoms with Gasteiger partial charge in [0.05, 0.1) is 6.61 Å². The smallest absolute Gasteiger partial charge is 0.305 e. The van der Waals surface area contributed by atoms with Crippen LogP contribution >= 0.6 is 0 Å². The fraction of sp³-hybridized carbons (Fsp3) is 0.500. The van der Waals surface area contributed by atoms with Crippen LogP contribution in [0.2, 0.25) is 0 Å². The molecule has 0 atom stereocenters. The van der Waals surface area contributed by atoms with Crippen molar-refractivity contribution in [2.24, 2.45) is 0 Å². The number of hydrogen-bond acceptors (Lipinski definition) is 3. The van der Waals surface area contributed by atoms with E-state index < -0.39 is 0 Å². The lowest BCUT2D eigenvalue weighted by Crippen LogP contribution is -2.03. The molecule has 94 valence electrons. The van der Waals surface area contributed by atoms with Crippen molar-refractivity contribution in [3.63, 3.8) is 0 Å². The number of unbranched alkanes of at least 4 members (excludes halogenated alkanes) is 2. The van der Waals surface area contributed by atoms with Crippen LogP contribution in [0.5, 0.6) is 5.75 Å². The van der Waals surface area contributed by atoms with Gasteiger partial charge < -0.3 is 9.84 Å². The van der Waals surface area contributed by atoms with E-state index in [4.69, 9.17) is 9.84 Å². The van der Waals surface area contributed by atoms with Crippen molar-refractivity contribution in [3.05, 3.63) is 29.8 Å². The summed E-state index contributed by atoms with van der Waals surface area (Å²) >= 11 is 0. The van der Waals surface area contributed by atoms with Crippen molar-refractivity contribution >= 4 is 5.97 Å². The monoisotopic (exact) mass is 236 g/mol. The van der Waals surface area contributed by atoms with E-state index in [1.165, 1.54) is 5.56 Å². The van der Waals surface area contributed by atoms with Crippen LogP contribution < -0.4 is 0 Å². The minimum Gasteiger partial charge on any atom is -0.508 e. The zero-order valence-corrected chi connectivity index (χ0v) is 10.3. The van der Waals surface area contributed by atoms with Gasteiger partial charge in [0.15, 0.2) is 0 Å². The van der Waals surface area contributed by atoms with Crippen molar-refractivity contribution < 1.29 is 14.6 Å². The molecule has 0 saturated carbocycles. The Hall–Kier alpha value is -1.51. The first-order valence-corrected chi connectivity index (χ1v) is 6.16. The van der Waals surface area contributed by atoms with E-state index in [0.29, 0.717) is 18.8 Å². The van der Waals surface area contributed by atoms with Gasteiger partial charge in [-0.3, -0.25) is 4.79 Å². The fourth-order valence-corrected chi connectivity index (χ4v) is 1.67. The molecule has 1 rings (SSSR count). The Morgan fingerprint density at radius 3 is 2.53 bits per heavy atom. The molecule has 0 heterocycles. The maximum atomic E-state index is 11.1. The van der Waals surface area contributed by atoms with Crippen molar-refractivity contribution in [2.75, 3.05) is 6.61 Å². The number of hydrogen-bond donors (Lipinski definition) is 1. The summed E-state index contributed by atoms with van der Waals surface area (Å²) in [5.74, 6) is 0.202. The fourth-order valence-electron chi connectivity index (χ4n) is 1.67. The van der Waals surface area contributed by atoms with E-state index >= 15 is 0 Å². The van der Waals surface area contributed by atoms with Crippen LogP contribution in [0.25, 0.3) is 0 Å². The molecular formula is C14H20O3. The number of aryl methyl sites for hydroxylation is 1. The average Bonchev–Trinajstić information content (AvgIpc) is 2.31. The maximum absolute atomic E-state index is 11.1. The number of esters is 1. The predicted octanol–water partition coefficient (Wildman–Crippen LogP) is 3.06. The van der Waals surface area contributed by atoms with E-state index in [2.05, 4.69) is 0 Å². The second-order valence-corrected chi connectivity index (χ2v) is 4.03. The standard InChI is InChI=1S/C14H20O3/c1-2-17-14(16)7-5-3-4-6-12-8-10-13(15)11-9-12/h8-11,15H,2-7H2,1H3. The largest absolute Gasteiger partial charge is 0.508 e. The van der Waals surface area contributed by atoms with Gasteiger partial charge in [0, 0.05) is 6.42 Å². The van der Waals surface area contributed by atoms with Crippen LogP contribution in [0.3, 0.4) is 0 Å². The lowest BCUT2D eigenvalue weighted by atomic mass is 10.1. The van der Waals surface area contributed by atoms with Gasteiger partial charge in [-0.25, -0.2) is 0 Å². The number of ether oxygens (including phenoxy) is 1. The Morgan fingerprint density at radius 1 is 1.18 bits per heavy atom. The van der Waals surface area contributed by atoms with Gasteiger partial charge in [0.25, 0.3) is 0 Å². The lowest BCUT2D eigenvalue weighted by Gasteiger charge is -2.03. The third-order valence-electron chi connectivity index (χ3n) is 2.59. The maximum Gasteiger partial charge on any atom is 0.305 e. The second kappa shape index (κ2) is 7.71. The Labute approximate surface area is 102 Å². The molecule has 1 aromatic carbocycles. The van der Waals surface area contributed by atoms with Crippen molar-refractivity contribution in [3.8, 4) is 5.75 Å². The first kappa shape index (κ1) is 13.6. The number of carbonyl (C=O) groups is 1. The summed E-state index contributed by atoms with van der Waals surface area (Å²) in [5.41, 5.74) is 1.22. The Morgan fingerprint density at radius 2 is 1.88 bits per heavy atom. The van der Waals surface area contributed by atoms with Crippen LogP contribution in [0.4, 0.5) is 0 Å². The zero-order chi connectivity index (χ0) is 12.5. The van der Waals surface area contributed by atoms with Gasteiger partial charge in [0.2, 0.25) is 0 Å².